The molecule has 0 saturated heterocycles. The molecule has 0 atom stereocenters. The fourth-order valence-corrected chi connectivity index (χ4v) is 2.24. The van der Waals surface area contributed by atoms with Crippen LogP contribution in [0.2, 0.25) is 0 Å². The summed E-state index contributed by atoms with van der Waals surface area (Å²) in [4.78, 5) is 9.17. The maximum absolute atomic E-state index is 5.06. The quantitative estimate of drug-likeness (QED) is 0.628. The monoisotopic (exact) mass is 294 g/mol. The van der Waals surface area contributed by atoms with Crippen molar-refractivity contribution in [1.82, 2.24) is 15.2 Å². The minimum absolute atomic E-state index is 0.732. The Balaban J connectivity index is 2.60. The number of rotatable bonds is 11. The van der Waals surface area contributed by atoms with Gasteiger partial charge in [-0.2, -0.15) is 0 Å². The van der Waals surface area contributed by atoms with Crippen LogP contribution in [0.4, 0.5) is 5.82 Å². The summed E-state index contributed by atoms with van der Waals surface area (Å²) in [6.07, 6.45) is 3.02. The van der Waals surface area contributed by atoms with Gasteiger partial charge >= 0.3 is 0 Å². The molecule has 0 aromatic carbocycles. The topological polar surface area (TPSA) is 40.6 Å². The first-order chi connectivity index (χ1) is 10.2. The SMILES string of the molecule is CCN(CCCN(C)C)c1ncccc1CNCCOC. The molecule has 1 rings (SSSR count). The molecule has 0 amide bonds. The van der Waals surface area contributed by atoms with E-state index in [4.69, 9.17) is 4.74 Å². The standard InChI is InChI=1S/C16H30N4O/c1-5-20(12-7-11-19(2)3)16-15(8-6-9-18-16)14-17-10-13-21-4/h6,8-9,17H,5,7,10-14H2,1-4H3. The number of methoxy groups -OCH3 is 1. The predicted octanol–water partition coefficient (Wildman–Crippen LogP) is 1.60. The molecule has 0 saturated carbocycles. The summed E-state index contributed by atoms with van der Waals surface area (Å²) in [7, 11) is 5.95. The Kier molecular flexibility index (Phi) is 8.98. The van der Waals surface area contributed by atoms with E-state index >= 15 is 0 Å². The molecule has 0 unspecified atom stereocenters. The van der Waals surface area contributed by atoms with Gasteiger partial charge in [0, 0.05) is 45.0 Å². The maximum Gasteiger partial charge on any atom is 0.132 e. The molecule has 0 radical (unpaired) electrons. The summed E-state index contributed by atoms with van der Waals surface area (Å²) in [6.45, 7) is 7.73. The molecule has 1 aromatic rings. The fourth-order valence-electron chi connectivity index (χ4n) is 2.24. The summed E-state index contributed by atoms with van der Waals surface area (Å²) in [5, 5.41) is 3.40. The Morgan fingerprint density at radius 3 is 2.76 bits per heavy atom. The van der Waals surface area contributed by atoms with E-state index < -0.39 is 0 Å². The van der Waals surface area contributed by atoms with Gasteiger partial charge in [0.15, 0.2) is 0 Å². The molecule has 0 aliphatic heterocycles. The van der Waals surface area contributed by atoms with Crippen LogP contribution >= 0.6 is 0 Å². The van der Waals surface area contributed by atoms with Crippen molar-refractivity contribution in [1.29, 1.82) is 0 Å². The van der Waals surface area contributed by atoms with Crippen molar-refractivity contribution in [3.63, 3.8) is 0 Å². The van der Waals surface area contributed by atoms with Crippen LogP contribution in [0.25, 0.3) is 0 Å². The van der Waals surface area contributed by atoms with Crippen LogP contribution in [0.3, 0.4) is 0 Å². The molecule has 0 aliphatic rings. The molecule has 0 bridgehead atoms. The maximum atomic E-state index is 5.06. The molecule has 0 spiro atoms. The first-order valence-corrected chi connectivity index (χ1v) is 7.72. The number of hydrogen-bond acceptors (Lipinski definition) is 5. The van der Waals surface area contributed by atoms with Gasteiger partial charge in [0.05, 0.1) is 6.61 Å². The third kappa shape index (κ3) is 6.89. The van der Waals surface area contributed by atoms with Crippen LogP contribution < -0.4 is 10.2 Å². The number of nitrogens with zero attached hydrogens (tertiary/aromatic N) is 3. The van der Waals surface area contributed by atoms with E-state index in [-0.39, 0.29) is 0 Å². The van der Waals surface area contributed by atoms with E-state index in [0.29, 0.717) is 0 Å². The van der Waals surface area contributed by atoms with E-state index in [1.54, 1.807) is 7.11 Å². The largest absolute Gasteiger partial charge is 0.383 e. The molecule has 1 heterocycles. The zero-order chi connectivity index (χ0) is 15.5. The molecule has 5 nitrogen and oxygen atoms in total. The number of ether oxygens (including phenoxy) is 1. The van der Waals surface area contributed by atoms with Gasteiger partial charge in [0.1, 0.15) is 5.82 Å². The van der Waals surface area contributed by atoms with Crippen LogP contribution in [0, 0.1) is 0 Å². The third-order valence-electron chi connectivity index (χ3n) is 3.38. The molecular formula is C16H30N4O. The highest BCUT2D eigenvalue weighted by molar-refractivity contribution is 5.46. The Morgan fingerprint density at radius 2 is 2.10 bits per heavy atom. The van der Waals surface area contributed by atoms with Gasteiger partial charge < -0.3 is 19.9 Å². The number of hydrogen-bond donors (Lipinski definition) is 1. The molecule has 5 heteroatoms. The molecule has 1 N–H and O–H groups in total. The van der Waals surface area contributed by atoms with Crippen LogP contribution in [-0.4, -0.2) is 63.9 Å². The molecule has 1 aromatic heterocycles. The van der Waals surface area contributed by atoms with Crippen molar-refractivity contribution in [2.45, 2.75) is 19.9 Å². The van der Waals surface area contributed by atoms with Crippen molar-refractivity contribution in [3.8, 4) is 0 Å². The second kappa shape index (κ2) is 10.5. The van der Waals surface area contributed by atoms with Gasteiger partial charge in [0.2, 0.25) is 0 Å². The second-order valence-electron chi connectivity index (χ2n) is 5.39. The first-order valence-electron chi connectivity index (χ1n) is 7.72. The van der Waals surface area contributed by atoms with Crippen molar-refractivity contribution in [3.05, 3.63) is 23.9 Å². The van der Waals surface area contributed by atoms with E-state index in [2.05, 4.69) is 47.2 Å². The Morgan fingerprint density at radius 1 is 1.29 bits per heavy atom. The lowest BCUT2D eigenvalue weighted by Gasteiger charge is -2.25. The zero-order valence-corrected chi connectivity index (χ0v) is 13.9. The Bertz CT molecular complexity index is 384. The lowest BCUT2D eigenvalue weighted by molar-refractivity contribution is 0.199. The van der Waals surface area contributed by atoms with E-state index in [0.717, 1.165) is 51.6 Å². The van der Waals surface area contributed by atoms with E-state index in [1.807, 2.05) is 12.3 Å². The van der Waals surface area contributed by atoms with Crippen LogP contribution in [0.15, 0.2) is 18.3 Å². The average molecular weight is 294 g/mol. The van der Waals surface area contributed by atoms with Crippen LogP contribution in [-0.2, 0) is 11.3 Å². The Labute approximate surface area is 129 Å². The summed E-state index contributed by atoms with van der Waals surface area (Å²) < 4.78 is 5.06. The Hall–Kier alpha value is -1.17. The van der Waals surface area contributed by atoms with E-state index in [1.165, 1.54) is 5.56 Å². The minimum Gasteiger partial charge on any atom is -0.383 e. The number of anilines is 1. The number of aromatic nitrogens is 1. The van der Waals surface area contributed by atoms with Gasteiger partial charge in [-0.05, 0) is 40.1 Å². The first kappa shape index (κ1) is 17.9. The normalized spacial score (nSPS) is 11.1. The highest BCUT2D eigenvalue weighted by Gasteiger charge is 2.10. The molecule has 120 valence electrons. The predicted molar refractivity (Wildman–Crippen MR) is 88.9 cm³/mol. The smallest absolute Gasteiger partial charge is 0.132 e. The summed E-state index contributed by atoms with van der Waals surface area (Å²) in [5.41, 5.74) is 1.25. The van der Waals surface area contributed by atoms with Crippen LogP contribution in [0.1, 0.15) is 18.9 Å². The molecular weight excluding hydrogens is 264 g/mol. The number of nitrogens with one attached hydrogen (secondary N) is 1. The highest BCUT2D eigenvalue weighted by Crippen LogP contribution is 2.17. The van der Waals surface area contributed by atoms with Gasteiger partial charge in [-0.3, -0.25) is 0 Å². The minimum atomic E-state index is 0.732. The van der Waals surface area contributed by atoms with Crippen molar-refractivity contribution < 1.29 is 4.74 Å². The summed E-state index contributed by atoms with van der Waals surface area (Å²) in [5.74, 6) is 1.10. The summed E-state index contributed by atoms with van der Waals surface area (Å²) >= 11 is 0. The highest BCUT2D eigenvalue weighted by atomic mass is 16.5. The molecule has 0 aliphatic carbocycles. The molecule has 21 heavy (non-hydrogen) atoms. The second-order valence-corrected chi connectivity index (χ2v) is 5.39. The van der Waals surface area contributed by atoms with Gasteiger partial charge in [0.25, 0.3) is 0 Å². The van der Waals surface area contributed by atoms with Crippen molar-refractivity contribution >= 4 is 5.82 Å². The average Bonchev–Trinajstić information content (AvgIpc) is 2.48. The van der Waals surface area contributed by atoms with Crippen LogP contribution in [0.5, 0.6) is 0 Å². The zero-order valence-electron chi connectivity index (χ0n) is 13.9. The molecule has 0 fully saturated rings. The van der Waals surface area contributed by atoms with Crippen molar-refractivity contribution in [2.24, 2.45) is 0 Å². The lowest BCUT2D eigenvalue weighted by atomic mass is 10.2. The van der Waals surface area contributed by atoms with Crippen molar-refractivity contribution in [2.75, 3.05) is 58.9 Å². The van der Waals surface area contributed by atoms with Gasteiger partial charge in [-0.25, -0.2) is 4.98 Å². The third-order valence-corrected chi connectivity index (χ3v) is 3.38. The fraction of sp³-hybridized carbons (Fsp3) is 0.688. The number of pyridine rings is 1. The van der Waals surface area contributed by atoms with Gasteiger partial charge in [-0.1, -0.05) is 6.07 Å². The summed E-state index contributed by atoms with van der Waals surface area (Å²) in [6, 6.07) is 4.15. The lowest BCUT2D eigenvalue weighted by Crippen LogP contribution is -2.29. The van der Waals surface area contributed by atoms with Gasteiger partial charge in [-0.15, -0.1) is 0 Å². The van der Waals surface area contributed by atoms with E-state index in [9.17, 15) is 0 Å².